The van der Waals surface area contributed by atoms with Gasteiger partial charge in [0.1, 0.15) is 11.5 Å². The van der Waals surface area contributed by atoms with Crippen LogP contribution in [-0.4, -0.2) is 47.3 Å². The maximum absolute atomic E-state index is 15.4. The van der Waals surface area contributed by atoms with Crippen molar-refractivity contribution in [3.05, 3.63) is 89.0 Å². The Morgan fingerprint density at radius 1 is 1.05 bits per heavy atom. The predicted octanol–water partition coefficient (Wildman–Crippen LogP) is 3.97. The summed E-state index contributed by atoms with van der Waals surface area (Å²) >= 11 is 0. The van der Waals surface area contributed by atoms with Crippen molar-refractivity contribution >= 4 is 17.8 Å². The number of hydrogen-bond acceptors (Lipinski definition) is 5. The van der Waals surface area contributed by atoms with Gasteiger partial charge >= 0.3 is 5.97 Å². The van der Waals surface area contributed by atoms with Crippen LogP contribution in [0.1, 0.15) is 58.2 Å². The normalized spacial score (nSPS) is 21.0. The van der Waals surface area contributed by atoms with Gasteiger partial charge in [-0.3, -0.25) is 14.6 Å². The fourth-order valence-corrected chi connectivity index (χ4v) is 5.66. The number of halogens is 1. The number of hydrogen-bond donors (Lipinski definition) is 1. The van der Waals surface area contributed by atoms with Gasteiger partial charge in [-0.05, 0) is 43.5 Å². The lowest BCUT2D eigenvalue weighted by Crippen LogP contribution is -2.40. The maximum atomic E-state index is 15.4. The smallest absolute Gasteiger partial charge is 0.339 e. The minimum atomic E-state index is -0.892. The van der Waals surface area contributed by atoms with Crippen LogP contribution in [0.3, 0.4) is 0 Å². The lowest BCUT2D eigenvalue weighted by Gasteiger charge is -2.27. The molecule has 1 unspecified atom stereocenters. The van der Waals surface area contributed by atoms with Crippen LogP contribution >= 0.6 is 0 Å². The molecule has 37 heavy (non-hydrogen) atoms. The summed E-state index contributed by atoms with van der Waals surface area (Å²) in [5.41, 5.74) is 1.63. The van der Waals surface area contributed by atoms with Gasteiger partial charge in [-0.1, -0.05) is 36.4 Å². The first-order valence-electron chi connectivity index (χ1n) is 12.5. The summed E-state index contributed by atoms with van der Waals surface area (Å²) in [6.45, 7) is 3.07. The van der Waals surface area contributed by atoms with E-state index in [1.807, 2.05) is 19.1 Å². The monoisotopic (exact) mass is 499 g/mol. The lowest BCUT2D eigenvalue weighted by atomic mass is 9.90. The van der Waals surface area contributed by atoms with Gasteiger partial charge < -0.3 is 15.0 Å². The molecule has 1 spiro atoms. The van der Waals surface area contributed by atoms with Gasteiger partial charge in [-0.15, -0.1) is 0 Å². The Hall–Kier alpha value is -4.07. The summed E-state index contributed by atoms with van der Waals surface area (Å²) < 4.78 is 21.2. The molecule has 1 saturated heterocycles. The van der Waals surface area contributed by atoms with E-state index in [1.165, 1.54) is 6.07 Å². The topological polar surface area (TPSA) is 88.6 Å². The second-order valence-corrected chi connectivity index (χ2v) is 9.97. The summed E-state index contributed by atoms with van der Waals surface area (Å²) in [4.78, 5) is 44.0. The molecule has 8 heteroatoms. The van der Waals surface area contributed by atoms with E-state index in [0.717, 1.165) is 5.56 Å². The number of carbonyl (C=O) groups is 3. The molecule has 1 saturated carbocycles. The van der Waals surface area contributed by atoms with E-state index < -0.39 is 16.8 Å². The Morgan fingerprint density at radius 2 is 1.84 bits per heavy atom. The summed E-state index contributed by atoms with van der Waals surface area (Å²) in [5, 5.41) is 2.70. The summed E-state index contributed by atoms with van der Waals surface area (Å²) in [5.74, 6) is -1.18. The molecular weight excluding hydrogens is 473 g/mol. The van der Waals surface area contributed by atoms with Gasteiger partial charge in [-0.25, -0.2) is 9.18 Å². The molecule has 3 heterocycles. The molecular formula is C29H26FN3O4. The molecule has 6 rings (SSSR count). The van der Waals surface area contributed by atoms with Crippen LogP contribution in [0.4, 0.5) is 4.39 Å². The second-order valence-electron chi connectivity index (χ2n) is 9.97. The lowest BCUT2D eigenvalue weighted by molar-refractivity contribution is -0.134. The van der Waals surface area contributed by atoms with Crippen molar-refractivity contribution in [2.45, 2.75) is 37.2 Å². The first-order chi connectivity index (χ1) is 17.9. The van der Waals surface area contributed by atoms with E-state index in [2.05, 4.69) is 10.3 Å². The number of nitrogens with one attached hydrogen (secondary N) is 1. The van der Waals surface area contributed by atoms with E-state index in [-0.39, 0.29) is 24.3 Å². The Balaban J connectivity index is 1.22. The summed E-state index contributed by atoms with van der Waals surface area (Å²) in [6.07, 6.45) is 3.22. The van der Waals surface area contributed by atoms with Gasteiger partial charge in [0, 0.05) is 42.4 Å². The average Bonchev–Trinajstić information content (AvgIpc) is 3.53. The van der Waals surface area contributed by atoms with Gasteiger partial charge in [0.2, 0.25) is 5.91 Å². The van der Waals surface area contributed by atoms with Crippen molar-refractivity contribution in [3.63, 3.8) is 0 Å². The van der Waals surface area contributed by atoms with Crippen molar-refractivity contribution in [1.29, 1.82) is 0 Å². The van der Waals surface area contributed by atoms with Crippen LogP contribution in [0.5, 0.6) is 0 Å². The number of benzene rings is 2. The molecule has 2 amide bonds. The van der Waals surface area contributed by atoms with Crippen molar-refractivity contribution < 1.29 is 23.5 Å². The van der Waals surface area contributed by atoms with Crippen molar-refractivity contribution in [2.75, 3.05) is 19.6 Å². The average molecular weight is 500 g/mol. The third-order valence-corrected chi connectivity index (χ3v) is 7.76. The Bertz CT molecular complexity index is 1430. The number of rotatable bonds is 5. The highest BCUT2D eigenvalue weighted by atomic mass is 19.1. The molecule has 1 N–H and O–H groups in total. The molecule has 7 nitrogen and oxygen atoms in total. The zero-order valence-electron chi connectivity index (χ0n) is 20.4. The Morgan fingerprint density at radius 3 is 2.54 bits per heavy atom. The maximum Gasteiger partial charge on any atom is 0.339 e. The van der Waals surface area contributed by atoms with Gasteiger partial charge in [0.15, 0.2) is 5.60 Å². The van der Waals surface area contributed by atoms with E-state index in [0.29, 0.717) is 60.3 Å². The van der Waals surface area contributed by atoms with Gasteiger partial charge in [0.25, 0.3) is 5.91 Å². The van der Waals surface area contributed by atoms with Gasteiger partial charge in [-0.2, -0.15) is 0 Å². The molecule has 2 aliphatic heterocycles. The number of nitrogens with zero attached hydrogens (tertiary/aromatic N) is 2. The molecule has 0 bridgehead atoms. The fraction of sp³-hybridized carbons (Fsp3) is 0.310. The molecule has 3 aromatic rings. The third-order valence-electron chi connectivity index (χ3n) is 7.76. The standard InChI is InChI=1S/C29H26FN3O4/c1-2-31-25(34)24-10-8-19(16-32-24)18-7-9-22(23(30)15-18)28(11-12-28)27(36)33-14-13-29(17-33)21-6-4-3-5-20(21)26(35)37-29/h3-10,15-16H,2,11-14,17H2,1H3,(H,31,34). The van der Waals surface area contributed by atoms with Crippen LogP contribution in [-0.2, 0) is 20.5 Å². The molecule has 2 fully saturated rings. The number of esters is 1. The van der Waals surface area contributed by atoms with Crippen molar-refractivity contribution in [1.82, 2.24) is 15.2 Å². The SMILES string of the molecule is CCNC(=O)c1ccc(-c2ccc(C3(C(=O)N4CCC5(C4)OC(=O)c4ccccc45)CC3)c(F)c2)cn1. The zero-order valence-corrected chi connectivity index (χ0v) is 20.4. The van der Waals surface area contributed by atoms with E-state index in [9.17, 15) is 14.4 Å². The number of fused-ring (bicyclic) bond motifs is 2. The summed E-state index contributed by atoms with van der Waals surface area (Å²) in [6, 6.07) is 15.5. The number of amides is 2. The van der Waals surface area contributed by atoms with Crippen LogP contribution < -0.4 is 5.32 Å². The predicted molar refractivity (Wildman–Crippen MR) is 133 cm³/mol. The second kappa shape index (κ2) is 8.50. The third kappa shape index (κ3) is 3.70. The van der Waals surface area contributed by atoms with Crippen LogP contribution in [0.25, 0.3) is 11.1 Å². The Kier molecular flexibility index (Phi) is 5.36. The van der Waals surface area contributed by atoms with Crippen LogP contribution in [0.15, 0.2) is 60.8 Å². The quantitative estimate of drug-likeness (QED) is 0.537. The van der Waals surface area contributed by atoms with E-state index in [1.54, 1.807) is 47.5 Å². The number of ether oxygens (including phenoxy) is 1. The van der Waals surface area contributed by atoms with E-state index >= 15 is 4.39 Å². The highest BCUT2D eigenvalue weighted by molar-refractivity contribution is 5.96. The van der Waals surface area contributed by atoms with Crippen molar-refractivity contribution in [2.24, 2.45) is 0 Å². The molecule has 1 atom stereocenters. The van der Waals surface area contributed by atoms with Crippen LogP contribution in [0.2, 0.25) is 0 Å². The first-order valence-corrected chi connectivity index (χ1v) is 12.5. The largest absolute Gasteiger partial charge is 0.449 e. The molecule has 3 aliphatic rings. The van der Waals surface area contributed by atoms with E-state index in [4.69, 9.17) is 4.74 Å². The van der Waals surface area contributed by atoms with Gasteiger partial charge in [0.05, 0.1) is 17.5 Å². The highest BCUT2D eigenvalue weighted by Gasteiger charge is 2.58. The Labute approximate surface area is 213 Å². The molecule has 1 aromatic heterocycles. The number of carbonyl (C=O) groups excluding carboxylic acids is 3. The van der Waals surface area contributed by atoms with Crippen molar-refractivity contribution in [3.8, 4) is 11.1 Å². The molecule has 0 radical (unpaired) electrons. The number of pyridine rings is 1. The molecule has 1 aliphatic carbocycles. The molecule has 188 valence electrons. The number of likely N-dealkylation sites (tertiary alicyclic amines) is 1. The first kappa shape index (κ1) is 23.3. The molecule has 2 aromatic carbocycles. The highest BCUT2D eigenvalue weighted by Crippen LogP contribution is 2.53. The zero-order chi connectivity index (χ0) is 25.8. The minimum absolute atomic E-state index is 0.121. The summed E-state index contributed by atoms with van der Waals surface area (Å²) in [7, 11) is 0. The van der Waals surface area contributed by atoms with Crippen LogP contribution in [0, 0.1) is 5.82 Å². The number of aromatic nitrogens is 1. The fourth-order valence-electron chi connectivity index (χ4n) is 5.66. The minimum Gasteiger partial charge on any atom is -0.449 e.